The largest absolute Gasteiger partial charge is 0.493 e. The summed E-state index contributed by atoms with van der Waals surface area (Å²) in [6.45, 7) is 8.99. The first-order valence-corrected chi connectivity index (χ1v) is 10.5. The fraction of sp³-hybridized carbons (Fsp3) is 0.435. The lowest BCUT2D eigenvalue weighted by atomic mass is 10.2. The van der Waals surface area contributed by atoms with Crippen LogP contribution in [0.15, 0.2) is 53.5 Å². The van der Waals surface area contributed by atoms with Crippen molar-refractivity contribution in [3.05, 3.63) is 54.1 Å². The third kappa shape index (κ3) is 6.93. The van der Waals surface area contributed by atoms with Crippen LogP contribution < -0.4 is 20.1 Å². The topological polar surface area (TPSA) is 67.4 Å². The molecule has 1 aliphatic rings. The summed E-state index contributed by atoms with van der Waals surface area (Å²) in [5, 5.41) is 6.72. The molecule has 2 aromatic carbocycles. The molecule has 7 nitrogen and oxygen atoms in total. The molecule has 0 spiro atoms. The van der Waals surface area contributed by atoms with E-state index in [0.717, 1.165) is 63.2 Å². The lowest BCUT2D eigenvalue weighted by Crippen LogP contribution is -2.44. The fourth-order valence-corrected chi connectivity index (χ4v) is 3.16. The van der Waals surface area contributed by atoms with Crippen molar-refractivity contribution in [2.75, 3.05) is 53.0 Å². The van der Waals surface area contributed by atoms with Crippen LogP contribution in [0, 0.1) is 0 Å². The number of rotatable bonds is 9. The summed E-state index contributed by atoms with van der Waals surface area (Å²) >= 11 is 0. The molecule has 1 heterocycles. The van der Waals surface area contributed by atoms with Gasteiger partial charge in [-0.25, -0.2) is 4.99 Å². The van der Waals surface area contributed by atoms with Gasteiger partial charge < -0.3 is 24.8 Å². The number of aliphatic imine (C=N–C) groups is 1. The highest BCUT2D eigenvalue weighted by Crippen LogP contribution is 2.30. The maximum Gasteiger partial charge on any atom is 0.191 e. The first-order chi connectivity index (χ1) is 14.8. The van der Waals surface area contributed by atoms with Crippen LogP contribution in [0.5, 0.6) is 17.2 Å². The van der Waals surface area contributed by atoms with Gasteiger partial charge in [0.05, 0.1) is 26.9 Å². The molecule has 1 saturated heterocycles. The van der Waals surface area contributed by atoms with E-state index in [2.05, 4.69) is 22.5 Å². The smallest absolute Gasteiger partial charge is 0.191 e. The standard InChI is InChI=1S/C23H32N4O3/c1-3-24-23(25-12-13-27-14-16-29-17-15-27)26-18-19-8-10-20(11-9-19)30-22-7-5-4-6-21(22)28-2/h4-11H,3,12-18H2,1-2H3,(H2,24,25,26). The molecule has 30 heavy (non-hydrogen) atoms. The van der Waals surface area contributed by atoms with Gasteiger partial charge in [0.2, 0.25) is 0 Å². The number of hydrogen-bond acceptors (Lipinski definition) is 5. The minimum absolute atomic E-state index is 0.599. The minimum atomic E-state index is 0.599. The van der Waals surface area contributed by atoms with Gasteiger partial charge in [-0.05, 0) is 36.8 Å². The van der Waals surface area contributed by atoms with E-state index in [1.807, 2.05) is 48.5 Å². The fourth-order valence-electron chi connectivity index (χ4n) is 3.16. The molecular weight excluding hydrogens is 380 g/mol. The maximum atomic E-state index is 5.93. The number of guanidine groups is 1. The van der Waals surface area contributed by atoms with Crippen LogP contribution in [0.2, 0.25) is 0 Å². The number of nitrogens with one attached hydrogen (secondary N) is 2. The zero-order chi connectivity index (χ0) is 21.0. The Bertz CT molecular complexity index is 789. The van der Waals surface area contributed by atoms with Crippen molar-refractivity contribution in [1.82, 2.24) is 15.5 Å². The lowest BCUT2D eigenvalue weighted by molar-refractivity contribution is 0.0389. The van der Waals surface area contributed by atoms with Gasteiger partial charge in [0.25, 0.3) is 0 Å². The van der Waals surface area contributed by atoms with Crippen molar-refractivity contribution >= 4 is 5.96 Å². The third-order valence-electron chi connectivity index (χ3n) is 4.81. The molecule has 0 saturated carbocycles. The summed E-state index contributed by atoms with van der Waals surface area (Å²) in [6, 6.07) is 15.6. The molecule has 0 radical (unpaired) electrons. The minimum Gasteiger partial charge on any atom is -0.493 e. The number of ether oxygens (including phenoxy) is 3. The average molecular weight is 413 g/mol. The van der Waals surface area contributed by atoms with Gasteiger partial charge in [0.1, 0.15) is 5.75 Å². The number of hydrogen-bond donors (Lipinski definition) is 2. The van der Waals surface area contributed by atoms with Crippen molar-refractivity contribution in [3.8, 4) is 17.2 Å². The van der Waals surface area contributed by atoms with Crippen molar-refractivity contribution in [3.63, 3.8) is 0 Å². The van der Waals surface area contributed by atoms with E-state index in [0.29, 0.717) is 18.0 Å². The molecule has 0 bridgehead atoms. The van der Waals surface area contributed by atoms with E-state index >= 15 is 0 Å². The number of nitrogens with zero attached hydrogens (tertiary/aromatic N) is 2. The number of methoxy groups -OCH3 is 1. The molecule has 1 fully saturated rings. The van der Waals surface area contributed by atoms with Gasteiger partial charge in [0.15, 0.2) is 17.5 Å². The highest BCUT2D eigenvalue weighted by atomic mass is 16.5. The monoisotopic (exact) mass is 412 g/mol. The molecule has 162 valence electrons. The summed E-state index contributed by atoms with van der Waals surface area (Å²) in [4.78, 5) is 7.10. The van der Waals surface area contributed by atoms with E-state index in [1.165, 1.54) is 0 Å². The summed E-state index contributed by atoms with van der Waals surface area (Å²) in [5.74, 6) is 3.01. The van der Waals surface area contributed by atoms with Gasteiger partial charge in [-0.2, -0.15) is 0 Å². The quantitative estimate of drug-likeness (QED) is 0.488. The van der Waals surface area contributed by atoms with Gasteiger partial charge in [-0.3, -0.25) is 4.90 Å². The van der Waals surface area contributed by atoms with Crippen LogP contribution in [0.3, 0.4) is 0 Å². The summed E-state index contributed by atoms with van der Waals surface area (Å²) < 4.78 is 16.7. The van der Waals surface area contributed by atoms with E-state index in [4.69, 9.17) is 19.2 Å². The number of morpholine rings is 1. The van der Waals surface area contributed by atoms with Gasteiger partial charge in [-0.15, -0.1) is 0 Å². The molecule has 7 heteroatoms. The molecule has 2 N–H and O–H groups in total. The molecule has 3 rings (SSSR count). The Kier molecular flexibility index (Phi) is 8.80. The SMILES string of the molecule is CCNC(=NCc1ccc(Oc2ccccc2OC)cc1)NCCN1CCOCC1. The Morgan fingerprint density at radius 2 is 1.77 bits per heavy atom. The van der Waals surface area contributed by atoms with Crippen LogP contribution in [0.25, 0.3) is 0 Å². The van der Waals surface area contributed by atoms with Crippen molar-refractivity contribution in [2.45, 2.75) is 13.5 Å². The second kappa shape index (κ2) is 12.0. The predicted molar refractivity (Wildman–Crippen MR) is 120 cm³/mol. The molecule has 0 aliphatic carbocycles. The zero-order valence-electron chi connectivity index (χ0n) is 17.9. The Labute approximate surface area is 179 Å². The van der Waals surface area contributed by atoms with Crippen LogP contribution in [-0.4, -0.2) is 63.9 Å². The molecule has 0 atom stereocenters. The molecule has 0 unspecified atom stereocenters. The van der Waals surface area contributed by atoms with Crippen molar-refractivity contribution in [1.29, 1.82) is 0 Å². The van der Waals surface area contributed by atoms with Crippen LogP contribution in [0.4, 0.5) is 0 Å². The highest BCUT2D eigenvalue weighted by Gasteiger charge is 2.09. The maximum absolute atomic E-state index is 5.93. The van der Waals surface area contributed by atoms with Gasteiger partial charge >= 0.3 is 0 Å². The Morgan fingerprint density at radius 1 is 1.03 bits per heavy atom. The van der Waals surface area contributed by atoms with Crippen LogP contribution >= 0.6 is 0 Å². The zero-order valence-corrected chi connectivity index (χ0v) is 17.9. The van der Waals surface area contributed by atoms with Crippen molar-refractivity contribution < 1.29 is 14.2 Å². The normalized spacial score (nSPS) is 14.9. The first kappa shape index (κ1) is 21.9. The van der Waals surface area contributed by atoms with Crippen molar-refractivity contribution in [2.24, 2.45) is 4.99 Å². The van der Waals surface area contributed by atoms with Crippen LogP contribution in [0.1, 0.15) is 12.5 Å². The van der Waals surface area contributed by atoms with E-state index < -0.39 is 0 Å². The first-order valence-electron chi connectivity index (χ1n) is 10.5. The second-order valence-electron chi connectivity index (χ2n) is 6.97. The van der Waals surface area contributed by atoms with Crippen LogP contribution in [-0.2, 0) is 11.3 Å². The number of para-hydroxylation sites is 2. The summed E-state index contributed by atoms with van der Waals surface area (Å²) in [6.07, 6.45) is 0. The second-order valence-corrected chi connectivity index (χ2v) is 6.97. The summed E-state index contributed by atoms with van der Waals surface area (Å²) in [5.41, 5.74) is 1.12. The van der Waals surface area contributed by atoms with E-state index in [-0.39, 0.29) is 0 Å². The molecule has 2 aromatic rings. The summed E-state index contributed by atoms with van der Waals surface area (Å²) in [7, 11) is 1.64. The van der Waals surface area contributed by atoms with Gasteiger partial charge in [-0.1, -0.05) is 24.3 Å². The van der Waals surface area contributed by atoms with Gasteiger partial charge in [0, 0.05) is 32.7 Å². The van der Waals surface area contributed by atoms with E-state index in [9.17, 15) is 0 Å². The Hall–Kier alpha value is -2.77. The van der Waals surface area contributed by atoms with E-state index in [1.54, 1.807) is 7.11 Å². The highest BCUT2D eigenvalue weighted by molar-refractivity contribution is 5.79. The molecule has 0 amide bonds. The average Bonchev–Trinajstić information content (AvgIpc) is 2.79. The lowest BCUT2D eigenvalue weighted by Gasteiger charge is -2.26. The Morgan fingerprint density at radius 3 is 2.47 bits per heavy atom. The molecular formula is C23H32N4O3. The molecule has 1 aliphatic heterocycles. The predicted octanol–water partition coefficient (Wildman–Crippen LogP) is 2.87. The Balaban J connectivity index is 1.51. The number of benzene rings is 2. The third-order valence-corrected chi connectivity index (χ3v) is 4.81. The molecule has 0 aromatic heterocycles.